The number of methoxy groups -OCH3 is 2. The Balaban J connectivity index is 1.60. The van der Waals surface area contributed by atoms with E-state index < -0.39 is 9.84 Å². The summed E-state index contributed by atoms with van der Waals surface area (Å²) in [7, 11) is -0.0363. The number of amidine groups is 1. The van der Waals surface area contributed by atoms with E-state index in [4.69, 9.17) is 21.1 Å². The van der Waals surface area contributed by atoms with Crippen LogP contribution in [0, 0.1) is 0 Å². The Hall–Kier alpha value is -2.23. The van der Waals surface area contributed by atoms with Crippen molar-refractivity contribution in [3.05, 3.63) is 53.1 Å². The van der Waals surface area contributed by atoms with Crippen LogP contribution >= 0.6 is 23.4 Å². The Bertz CT molecular complexity index is 1130. The summed E-state index contributed by atoms with van der Waals surface area (Å²) in [5.74, 6) is 0.917. The Kier molecular flexibility index (Phi) is 6.18. The Morgan fingerprint density at radius 2 is 1.84 bits per heavy atom. The van der Waals surface area contributed by atoms with Crippen molar-refractivity contribution in [2.75, 3.05) is 30.6 Å². The summed E-state index contributed by atoms with van der Waals surface area (Å²) in [5.41, 5.74) is 1.51. The molecular weight excluding hydrogens is 460 g/mol. The number of aliphatic imine (C=N–C) groups is 1. The van der Waals surface area contributed by atoms with Gasteiger partial charge in [0.1, 0.15) is 0 Å². The molecule has 4 rings (SSSR count). The van der Waals surface area contributed by atoms with Crippen LogP contribution in [0.2, 0.25) is 5.02 Å². The van der Waals surface area contributed by atoms with Gasteiger partial charge in [-0.05, 0) is 42.0 Å². The molecule has 2 aromatic carbocycles. The molecule has 0 aromatic heterocycles. The standard InChI is InChI=1S/C21H21ClN2O5S2/c1-28-17-8-3-13(9-18(17)29-2)10-20(25)23-21-24(15-6-4-14(22)5-7-15)16-11-31(26,27)12-19(16)30-21/h3-9,16,19H,10-12H2,1-2H3/t16-,19+/m1/s1. The predicted octanol–water partition coefficient (Wildman–Crippen LogP) is 3.20. The van der Waals surface area contributed by atoms with E-state index in [9.17, 15) is 13.2 Å². The lowest BCUT2D eigenvalue weighted by Gasteiger charge is -2.24. The van der Waals surface area contributed by atoms with E-state index in [-0.39, 0.29) is 35.1 Å². The molecule has 2 fully saturated rings. The number of benzene rings is 2. The second kappa shape index (κ2) is 8.72. The normalized spacial score (nSPS) is 23.1. The maximum Gasteiger partial charge on any atom is 0.252 e. The smallest absolute Gasteiger partial charge is 0.252 e. The van der Waals surface area contributed by atoms with Crippen molar-refractivity contribution in [1.29, 1.82) is 0 Å². The highest BCUT2D eigenvalue weighted by molar-refractivity contribution is 8.16. The average Bonchev–Trinajstić information content (AvgIpc) is 3.19. The van der Waals surface area contributed by atoms with Gasteiger partial charge < -0.3 is 14.4 Å². The van der Waals surface area contributed by atoms with Crippen molar-refractivity contribution in [3.8, 4) is 11.5 Å². The molecule has 2 atom stereocenters. The van der Waals surface area contributed by atoms with Crippen molar-refractivity contribution in [2.45, 2.75) is 17.7 Å². The number of carbonyl (C=O) groups excluding carboxylic acids is 1. The predicted molar refractivity (Wildman–Crippen MR) is 123 cm³/mol. The second-order valence-electron chi connectivity index (χ2n) is 7.30. The lowest BCUT2D eigenvalue weighted by molar-refractivity contribution is -0.117. The fourth-order valence-electron chi connectivity index (χ4n) is 3.78. The number of hydrogen-bond acceptors (Lipinski definition) is 6. The third-order valence-corrected chi connectivity index (χ3v) is 8.66. The summed E-state index contributed by atoms with van der Waals surface area (Å²) < 4.78 is 34.9. The van der Waals surface area contributed by atoms with Gasteiger partial charge in [0.05, 0.1) is 38.2 Å². The fourth-order valence-corrected chi connectivity index (χ4v) is 7.84. The molecule has 1 amide bonds. The number of halogens is 1. The van der Waals surface area contributed by atoms with E-state index in [1.807, 2.05) is 17.0 Å². The van der Waals surface area contributed by atoms with Gasteiger partial charge in [0.15, 0.2) is 26.5 Å². The molecule has 164 valence electrons. The lowest BCUT2D eigenvalue weighted by atomic mass is 10.1. The number of thioether (sulfide) groups is 1. The minimum atomic E-state index is -3.12. The molecule has 0 aliphatic carbocycles. The Labute approximate surface area is 190 Å². The van der Waals surface area contributed by atoms with Gasteiger partial charge in [0, 0.05) is 16.0 Å². The third-order valence-electron chi connectivity index (χ3n) is 5.20. The van der Waals surface area contributed by atoms with E-state index >= 15 is 0 Å². The van der Waals surface area contributed by atoms with Crippen LogP contribution in [0.4, 0.5) is 5.69 Å². The molecule has 0 radical (unpaired) electrons. The third kappa shape index (κ3) is 4.68. The van der Waals surface area contributed by atoms with Crippen molar-refractivity contribution in [2.24, 2.45) is 4.99 Å². The number of sulfone groups is 1. The van der Waals surface area contributed by atoms with Gasteiger partial charge in [0.2, 0.25) is 0 Å². The van der Waals surface area contributed by atoms with Crippen molar-refractivity contribution in [3.63, 3.8) is 0 Å². The summed E-state index contributed by atoms with van der Waals surface area (Å²) in [6.07, 6.45) is 0.0898. The lowest BCUT2D eigenvalue weighted by Crippen LogP contribution is -2.37. The quantitative estimate of drug-likeness (QED) is 0.649. The number of rotatable bonds is 5. The fraction of sp³-hybridized carbons (Fsp3) is 0.333. The van der Waals surface area contributed by atoms with Crippen LogP contribution < -0.4 is 14.4 Å². The highest BCUT2D eigenvalue weighted by Gasteiger charge is 2.49. The minimum Gasteiger partial charge on any atom is -0.493 e. The first-order chi connectivity index (χ1) is 14.8. The maximum absolute atomic E-state index is 12.8. The van der Waals surface area contributed by atoms with Crippen LogP contribution in [-0.2, 0) is 21.1 Å². The first kappa shape index (κ1) is 22.0. The number of anilines is 1. The largest absolute Gasteiger partial charge is 0.493 e. The highest BCUT2D eigenvalue weighted by Crippen LogP contribution is 2.41. The molecule has 0 bridgehead atoms. The molecule has 2 aromatic rings. The van der Waals surface area contributed by atoms with E-state index in [1.54, 1.807) is 37.4 Å². The number of nitrogens with zero attached hydrogens (tertiary/aromatic N) is 2. The van der Waals surface area contributed by atoms with Gasteiger partial charge in [-0.3, -0.25) is 4.79 Å². The van der Waals surface area contributed by atoms with Crippen LogP contribution in [0.25, 0.3) is 0 Å². The number of hydrogen-bond donors (Lipinski definition) is 0. The number of ether oxygens (including phenoxy) is 2. The average molecular weight is 481 g/mol. The molecule has 0 spiro atoms. The molecule has 2 heterocycles. The molecule has 2 saturated heterocycles. The van der Waals surface area contributed by atoms with E-state index in [0.717, 1.165) is 11.3 Å². The van der Waals surface area contributed by atoms with Gasteiger partial charge in [-0.2, -0.15) is 4.99 Å². The second-order valence-corrected chi connectivity index (χ2v) is 11.1. The van der Waals surface area contributed by atoms with Crippen LogP contribution in [0.1, 0.15) is 5.56 Å². The topological polar surface area (TPSA) is 85.3 Å². The van der Waals surface area contributed by atoms with E-state index in [0.29, 0.717) is 21.7 Å². The Morgan fingerprint density at radius 1 is 1.13 bits per heavy atom. The summed E-state index contributed by atoms with van der Waals surface area (Å²) >= 11 is 7.35. The molecule has 2 aliphatic heterocycles. The molecular formula is C21H21ClN2O5S2. The van der Waals surface area contributed by atoms with Crippen LogP contribution in [0.3, 0.4) is 0 Å². The van der Waals surface area contributed by atoms with Crippen LogP contribution in [0.5, 0.6) is 11.5 Å². The highest BCUT2D eigenvalue weighted by atomic mass is 35.5. The molecule has 31 heavy (non-hydrogen) atoms. The van der Waals surface area contributed by atoms with Gasteiger partial charge in [0.25, 0.3) is 5.91 Å². The molecule has 0 N–H and O–H groups in total. The van der Waals surface area contributed by atoms with Crippen molar-refractivity contribution < 1.29 is 22.7 Å². The van der Waals surface area contributed by atoms with E-state index in [2.05, 4.69) is 4.99 Å². The SMILES string of the molecule is COc1ccc(CC(=O)N=C2S[C@H]3CS(=O)(=O)C[C@H]3N2c2ccc(Cl)cc2)cc1OC. The van der Waals surface area contributed by atoms with Crippen LogP contribution in [-0.4, -0.2) is 56.5 Å². The van der Waals surface area contributed by atoms with Gasteiger partial charge in [-0.25, -0.2) is 8.42 Å². The summed E-state index contributed by atoms with van der Waals surface area (Å²) in [6, 6.07) is 12.1. The zero-order valence-corrected chi connectivity index (χ0v) is 19.3. The number of carbonyl (C=O) groups is 1. The van der Waals surface area contributed by atoms with Crippen LogP contribution in [0.15, 0.2) is 47.5 Å². The molecule has 0 saturated carbocycles. The first-order valence-electron chi connectivity index (χ1n) is 9.54. The molecule has 2 aliphatic rings. The maximum atomic E-state index is 12.8. The van der Waals surface area contributed by atoms with Gasteiger partial charge in [-0.15, -0.1) is 0 Å². The van der Waals surface area contributed by atoms with E-state index in [1.165, 1.54) is 18.9 Å². The van der Waals surface area contributed by atoms with Gasteiger partial charge in [-0.1, -0.05) is 29.4 Å². The zero-order chi connectivity index (χ0) is 22.2. The zero-order valence-electron chi connectivity index (χ0n) is 16.9. The molecule has 0 unspecified atom stereocenters. The summed E-state index contributed by atoms with van der Waals surface area (Å²) in [5, 5.41) is 0.931. The summed E-state index contributed by atoms with van der Waals surface area (Å²) in [4.78, 5) is 19.0. The molecule has 7 nitrogen and oxygen atoms in total. The van der Waals surface area contributed by atoms with Gasteiger partial charge >= 0.3 is 0 Å². The number of fused-ring (bicyclic) bond motifs is 1. The summed E-state index contributed by atoms with van der Waals surface area (Å²) in [6.45, 7) is 0. The first-order valence-corrected chi connectivity index (χ1v) is 12.6. The molecule has 10 heteroatoms. The van der Waals surface area contributed by atoms with Crippen molar-refractivity contribution in [1.82, 2.24) is 0 Å². The monoisotopic (exact) mass is 480 g/mol. The minimum absolute atomic E-state index is 0.0379. The number of amides is 1. The van der Waals surface area contributed by atoms with Crippen molar-refractivity contribution >= 4 is 50.0 Å². The Morgan fingerprint density at radius 3 is 2.52 bits per heavy atom.